The minimum absolute atomic E-state index is 0.266. The molecule has 154 valence electrons. The molecular weight excluding hydrogens is 416 g/mol. The minimum Gasteiger partial charge on any atom is -0.494 e. The van der Waals surface area contributed by atoms with Gasteiger partial charge in [-0.2, -0.15) is 0 Å². The summed E-state index contributed by atoms with van der Waals surface area (Å²) in [4.78, 5) is 23.3. The van der Waals surface area contributed by atoms with E-state index in [2.05, 4.69) is 15.3 Å². The Kier molecular flexibility index (Phi) is 5.44. The van der Waals surface area contributed by atoms with E-state index in [0.29, 0.717) is 22.3 Å². The number of hydrogen-bond donors (Lipinski definition) is 2. The Bertz CT molecular complexity index is 1240. The third kappa shape index (κ3) is 3.64. The van der Waals surface area contributed by atoms with Gasteiger partial charge in [-0.05, 0) is 63.1 Å². The van der Waals surface area contributed by atoms with E-state index < -0.39 is 0 Å². The number of aryl methyl sites for hydroxylation is 2. The van der Waals surface area contributed by atoms with Gasteiger partial charge in [0, 0.05) is 22.0 Å². The Balaban J connectivity index is 1.58. The van der Waals surface area contributed by atoms with E-state index in [1.54, 1.807) is 0 Å². The van der Waals surface area contributed by atoms with E-state index in [9.17, 15) is 4.79 Å². The normalized spacial score (nSPS) is 11.1. The van der Waals surface area contributed by atoms with Gasteiger partial charge in [0.2, 0.25) is 0 Å². The van der Waals surface area contributed by atoms with Gasteiger partial charge in [-0.3, -0.25) is 10.1 Å². The first-order valence-electron chi connectivity index (χ1n) is 9.55. The summed E-state index contributed by atoms with van der Waals surface area (Å²) in [5, 5.41) is 6.18. The number of nitrogens with one attached hydrogen (secondary N) is 1. The Labute approximate surface area is 182 Å². The number of anilines is 2. The van der Waals surface area contributed by atoms with Gasteiger partial charge >= 0.3 is 0 Å². The minimum atomic E-state index is -0.266. The molecule has 3 heterocycles. The van der Waals surface area contributed by atoms with Gasteiger partial charge in [-0.15, -0.1) is 22.7 Å². The molecule has 1 aromatic carbocycles. The highest BCUT2D eigenvalue weighted by Crippen LogP contribution is 2.37. The number of thiazole rings is 1. The summed E-state index contributed by atoms with van der Waals surface area (Å²) in [6.45, 7) is 8.58. The van der Waals surface area contributed by atoms with Crippen LogP contribution in [0.3, 0.4) is 0 Å². The molecule has 3 N–H and O–H groups in total. The number of nitrogens with zero attached hydrogens (tertiary/aromatic N) is 2. The first kappa shape index (κ1) is 20.3. The van der Waals surface area contributed by atoms with Crippen LogP contribution in [-0.2, 0) is 0 Å². The predicted octanol–water partition coefficient (Wildman–Crippen LogP) is 5.58. The van der Waals surface area contributed by atoms with Gasteiger partial charge in [0.15, 0.2) is 5.13 Å². The van der Waals surface area contributed by atoms with Crippen molar-refractivity contribution < 1.29 is 9.53 Å². The summed E-state index contributed by atoms with van der Waals surface area (Å²) in [5.41, 5.74) is 11.7. The van der Waals surface area contributed by atoms with Crippen LogP contribution in [0.1, 0.15) is 33.4 Å². The number of amides is 1. The predicted molar refractivity (Wildman–Crippen MR) is 125 cm³/mol. The highest BCUT2D eigenvalue weighted by Gasteiger charge is 2.21. The summed E-state index contributed by atoms with van der Waals surface area (Å²) in [7, 11) is 0. The van der Waals surface area contributed by atoms with Crippen molar-refractivity contribution in [3.63, 3.8) is 0 Å². The van der Waals surface area contributed by atoms with Crippen molar-refractivity contribution >= 4 is 49.6 Å². The van der Waals surface area contributed by atoms with Crippen LogP contribution >= 0.6 is 22.7 Å². The molecular formula is C22H22N4O2S2. The number of thiophene rings is 1. The van der Waals surface area contributed by atoms with Crippen molar-refractivity contribution in [1.82, 2.24) is 9.97 Å². The van der Waals surface area contributed by atoms with Gasteiger partial charge in [-0.1, -0.05) is 0 Å². The number of nitrogens with two attached hydrogens (primary N) is 1. The van der Waals surface area contributed by atoms with Crippen molar-refractivity contribution in [3.8, 4) is 17.0 Å². The molecule has 4 aromatic rings. The van der Waals surface area contributed by atoms with Crippen LogP contribution < -0.4 is 15.8 Å². The van der Waals surface area contributed by atoms with Crippen LogP contribution in [0.25, 0.3) is 21.5 Å². The number of nitrogen functional groups attached to an aromatic ring is 1. The average molecular weight is 439 g/mol. The second-order valence-electron chi connectivity index (χ2n) is 6.92. The van der Waals surface area contributed by atoms with Crippen LogP contribution in [0.2, 0.25) is 0 Å². The average Bonchev–Trinajstić information content (AvgIpc) is 3.31. The molecule has 0 saturated heterocycles. The smallest absolute Gasteiger partial charge is 0.269 e. The van der Waals surface area contributed by atoms with Crippen molar-refractivity contribution in [2.24, 2.45) is 0 Å². The molecule has 6 nitrogen and oxygen atoms in total. The number of fused-ring (bicyclic) bond motifs is 1. The van der Waals surface area contributed by atoms with E-state index in [-0.39, 0.29) is 5.91 Å². The van der Waals surface area contributed by atoms with Crippen LogP contribution in [0.15, 0.2) is 29.6 Å². The quantitative estimate of drug-likeness (QED) is 0.425. The summed E-state index contributed by atoms with van der Waals surface area (Å²) in [6.07, 6.45) is 0. The summed E-state index contributed by atoms with van der Waals surface area (Å²) in [6, 6.07) is 7.73. The number of hydrogen-bond acceptors (Lipinski definition) is 7. The summed E-state index contributed by atoms with van der Waals surface area (Å²) < 4.78 is 5.47. The molecule has 0 fully saturated rings. The third-order valence-corrected chi connectivity index (χ3v) is 6.92. The number of ether oxygens (including phenoxy) is 1. The molecule has 30 heavy (non-hydrogen) atoms. The highest BCUT2D eigenvalue weighted by molar-refractivity contribution is 7.21. The van der Waals surface area contributed by atoms with Gasteiger partial charge in [0.25, 0.3) is 5.91 Å². The topological polar surface area (TPSA) is 90.1 Å². The molecule has 0 aliphatic rings. The zero-order valence-corrected chi connectivity index (χ0v) is 18.8. The second-order valence-corrected chi connectivity index (χ2v) is 8.78. The summed E-state index contributed by atoms with van der Waals surface area (Å²) >= 11 is 2.69. The maximum Gasteiger partial charge on any atom is 0.269 e. The van der Waals surface area contributed by atoms with E-state index in [0.717, 1.165) is 44.0 Å². The van der Waals surface area contributed by atoms with Gasteiger partial charge in [0.05, 0.1) is 18.0 Å². The fraction of sp³-hybridized carbons (Fsp3) is 0.227. The van der Waals surface area contributed by atoms with Crippen molar-refractivity contribution in [2.45, 2.75) is 27.7 Å². The fourth-order valence-electron chi connectivity index (χ4n) is 3.24. The standard InChI is InChI=1S/C22H22N4O2S2/c1-5-28-15-8-6-14(7-9-15)16-10-29-22(25-16)26-20(27)19-18(23)17-12(3)11(2)13(4)24-21(17)30-19/h6-10H,5,23H2,1-4H3,(H,25,26,27). The monoisotopic (exact) mass is 438 g/mol. The van der Waals surface area contributed by atoms with Gasteiger partial charge < -0.3 is 10.5 Å². The van der Waals surface area contributed by atoms with E-state index in [4.69, 9.17) is 10.5 Å². The van der Waals surface area contributed by atoms with Gasteiger partial charge in [0.1, 0.15) is 15.5 Å². The highest BCUT2D eigenvalue weighted by atomic mass is 32.1. The number of carbonyl (C=O) groups excluding carboxylic acids is 1. The first-order chi connectivity index (χ1) is 14.4. The van der Waals surface area contributed by atoms with E-state index in [1.165, 1.54) is 22.7 Å². The third-order valence-electron chi connectivity index (χ3n) is 5.07. The Morgan fingerprint density at radius 3 is 2.57 bits per heavy atom. The molecule has 0 unspecified atom stereocenters. The Morgan fingerprint density at radius 1 is 1.13 bits per heavy atom. The molecule has 0 aliphatic heterocycles. The maximum absolute atomic E-state index is 12.9. The van der Waals surface area contributed by atoms with Crippen LogP contribution in [0.5, 0.6) is 5.75 Å². The second kappa shape index (κ2) is 8.04. The lowest BCUT2D eigenvalue weighted by atomic mass is 10.1. The molecule has 1 amide bonds. The first-order valence-corrected chi connectivity index (χ1v) is 11.2. The number of aromatic nitrogens is 2. The van der Waals surface area contributed by atoms with Crippen LogP contribution in [0, 0.1) is 20.8 Å². The summed E-state index contributed by atoms with van der Waals surface area (Å²) in [5.74, 6) is 0.553. The lowest BCUT2D eigenvalue weighted by Gasteiger charge is -2.05. The maximum atomic E-state index is 12.9. The molecule has 0 spiro atoms. The van der Waals surface area contributed by atoms with Crippen LogP contribution in [-0.4, -0.2) is 22.5 Å². The lowest BCUT2D eigenvalue weighted by Crippen LogP contribution is -2.11. The Morgan fingerprint density at radius 2 is 1.87 bits per heavy atom. The number of benzene rings is 1. The lowest BCUT2D eigenvalue weighted by molar-refractivity contribution is 0.103. The van der Waals surface area contributed by atoms with Crippen molar-refractivity contribution in [2.75, 3.05) is 17.7 Å². The van der Waals surface area contributed by atoms with Crippen molar-refractivity contribution in [1.29, 1.82) is 0 Å². The molecule has 0 radical (unpaired) electrons. The molecule has 0 atom stereocenters. The molecule has 8 heteroatoms. The molecule has 4 rings (SSSR count). The van der Waals surface area contributed by atoms with E-state index in [1.807, 2.05) is 57.3 Å². The number of carbonyl (C=O) groups is 1. The molecule has 0 aliphatic carbocycles. The zero-order chi connectivity index (χ0) is 21.4. The van der Waals surface area contributed by atoms with Crippen LogP contribution in [0.4, 0.5) is 10.8 Å². The molecule has 0 saturated carbocycles. The molecule has 3 aromatic heterocycles. The van der Waals surface area contributed by atoms with Gasteiger partial charge in [-0.25, -0.2) is 9.97 Å². The Hall–Kier alpha value is -2.97. The van der Waals surface area contributed by atoms with Crippen molar-refractivity contribution in [3.05, 3.63) is 51.3 Å². The van der Waals surface area contributed by atoms with E-state index >= 15 is 0 Å². The zero-order valence-electron chi connectivity index (χ0n) is 17.2. The fourth-order valence-corrected chi connectivity index (χ4v) is 5.05. The largest absolute Gasteiger partial charge is 0.494 e. The number of rotatable bonds is 5. The molecule has 0 bridgehead atoms. The number of pyridine rings is 1. The SMILES string of the molecule is CCOc1ccc(-c2csc(NC(=O)c3sc4nc(C)c(C)c(C)c4c3N)n2)cc1.